The van der Waals surface area contributed by atoms with Crippen LogP contribution < -0.4 is 0 Å². The molecule has 1 aliphatic rings. The van der Waals surface area contributed by atoms with Gasteiger partial charge in [-0.2, -0.15) is 13.2 Å². The molecule has 0 aliphatic carbocycles. The number of carbonyl (C=O) groups is 1. The molecule has 7 nitrogen and oxygen atoms in total. The van der Waals surface area contributed by atoms with Crippen molar-refractivity contribution in [2.24, 2.45) is 0 Å². The SMILES string of the molecule is C=CC(=O)N1C[C@@H](n2cc(CO)nn2)[C@H](OCc2cccc(C(F)(F)F)c2)C1. The fraction of sp³-hybridized carbons (Fsp3) is 0.389. The number of benzene rings is 1. The second-order valence-electron chi connectivity index (χ2n) is 6.41. The summed E-state index contributed by atoms with van der Waals surface area (Å²) in [4.78, 5) is 13.5. The Kier molecular flexibility index (Phi) is 5.80. The zero-order valence-corrected chi connectivity index (χ0v) is 14.8. The molecule has 0 bridgehead atoms. The first-order chi connectivity index (χ1) is 13.3. The van der Waals surface area contributed by atoms with Crippen molar-refractivity contribution in [3.63, 3.8) is 0 Å². The van der Waals surface area contributed by atoms with Crippen LogP contribution in [0, 0.1) is 0 Å². The van der Waals surface area contributed by atoms with Gasteiger partial charge in [-0.25, -0.2) is 4.68 Å². The van der Waals surface area contributed by atoms with Crippen LogP contribution in [0.1, 0.15) is 22.9 Å². The number of amides is 1. The second-order valence-corrected chi connectivity index (χ2v) is 6.41. The van der Waals surface area contributed by atoms with Crippen LogP contribution in [0.2, 0.25) is 0 Å². The molecule has 150 valence electrons. The molecular weight excluding hydrogens is 377 g/mol. The summed E-state index contributed by atoms with van der Waals surface area (Å²) in [6.45, 7) is 3.66. The van der Waals surface area contributed by atoms with Gasteiger partial charge < -0.3 is 14.7 Å². The highest BCUT2D eigenvalue weighted by Gasteiger charge is 2.37. The monoisotopic (exact) mass is 396 g/mol. The number of likely N-dealkylation sites (tertiary alicyclic amines) is 1. The summed E-state index contributed by atoms with van der Waals surface area (Å²) >= 11 is 0. The third-order valence-electron chi connectivity index (χ3n) is 4.50. The number of aliphatic hydroxyl groups is 1. The number of rotatable bonds is 6. The number of nitrogens with zero attached hydrogens (tertiary/aromatic N) is 4. The molecule has 2 aromatic rings. The third-order valence-corrected chi connectivity index (χ3v) is 4.50. The van der Waals surface area contributed by atoms with E-state index in [1.165, 1.54) is 21.7 Å². The summed E-state index contributed by atoms with van der Waals surface area (Å²) in [6.07, 6.45) is -2.20. The van der Waals surface area contributed by atoms with Crippen molar-refractivity contribution >= 4 is 5.91 Å². The maximum Gasteiger partial charge on any atom is 0.416 e. The summed E-state index contributed by atoms with van der Waals surface area (Å²) in [7, 11) is 0. The molecule has 1 N–H and O–H groups in total. The Morgan fingerprint density at radius 3 is 2.82 bits per heavy atom. The molecule has 1 aromatic heterocycles. The summed E-state index contributed by atoms with van der Waals surface area (Å²) in [5.41, 5.74) is -0.00858. The minimum atomic E-state index is -4.43. The first-order valence-corrected chi connectivity index (χ1v) is 8.52. The van der Waals surface area contributed by atoms with E-state index in [1.807, 2.05) is 0 Å². The van der Waals surface area contributed by atoms with Crippen molar-refractivity contribution in [2.45, 2.75) is 31.5 Å². The first kappa shape index (κ1) is 20.0. The predicted octanol–water partition coefficient (Wildman–Crippen LogP) is 1.94. The maximum absolute atomic E-state index is 12.9. The summed E-state index contributed by atoms with van der Waals surface area (Å²) in [5, 5.41) is 16.9. The smallest absolute Gasteiger partial charge is 0.390 e. The van der Waals surface area contributed by atoms with E-state index < -0.39 is 17.8 Å². The van der Waals surface area contributed by atoms with Gasteiger partial charge in [-0.3, -0.25) is 4.79 Å². The van der Waals surface area contributed by atoms with Crippen LogP contribution in [-0.2, 0) is 28.9 Å². The third kappa shape index (κ3) is 4.39. The molecule has 0 unspecified atom stereocenters. The molecule has 28 heavy (non-hydrogen) atoms. The van der Waals surface area contributed by atoms with E-state index in [4.69, 9.17) is 9.84 Å². The van der Waals surface area contributed by atoms with Crippen molar-refractivity contribution in [1.29, 1.82) is 0 Å². The normalized spacial score (nSPS) is 19.8. The Bertz CT molecular complexity index is 853. The molecule has 1 aliphatic heterocycles. The van der Waals surface area contributed by atoms with Crippen LogP contribution in [0.4, 0.5) is 13.2 Å². The number of aliphatic hydroxyl groups excluding tert-OH is 1. The van der Waals surface area contributed by atoms with Crippen LogP contribution in [0.25, 0.3) is 0 Å². The molecule has 1 amide bonds. The van der Waals surface area contributed by atoms with Crippen LogP contribution in [0.15, 0.2) is 43.1 Å². The number of aromatic nitrogens is 3. The van der Waals surface area contributed by atoms with Crippen LogP contribution in [0.3, 0.4) is 0 Å². The second kappa shape index (κ2) is 8.11. The highest BCUT2D eigenvalue weighted by atomic mass is 19.4. The number of ether oxygens (including phenoxy) is 1. The molecule has 2 heterocycles. The molecule has 1 aromatic carbocycles. The number of carbonyl (C=O) groups excluding carboxylic acids is 1. The van der Waals surface area contributed by atoms with Gasteiger partial charge in [0, 0.05) is 13.1 Å². The number of hydrogen-bond donors (Lipinski definition) is 1. The highest BCUT2D eigenvalue weighted by Crippen LogP contribution is 2.30. The van der Waals surface area contributed by atoms with Crippen LogP contribution in [0.5, 0.6) is 0 Å². The summed E-state index contributed by atoms with van der Waals surface area (Å²) < 4.78 is 46.0. The molecule has 10 heteroatoms. The quantitative estimate of drug-likeness (QED) is 0.755. The predicted molar refractivity (Wildman–Crippen MR) is 91.8 cm³/mol. The van der Waals surface area contributed by atoms with Crippen molar-refractivity contribution in [3.05, 3.63) is 59.9 Å². The maximum atomic E-state index is 12.9. The van der Waals surface area contributed by atoms with E-state index in [9.17, 15) is 18.0 Å². The van der Waals surface area contributed by atoms with Crippen molar-refractivity contribution in [1.82, 2.24) is 19.9 Å². The lowest BCUT2D eigenvalue weighted by Crippen LogP contribution is -2.28. The van der Waals surface area contributed by atoms with Gasteiger partial charge in [-0.15, -0.1) is 5.10 Å². The number of hydrogen-bond acceptors (Lipinski definition) is 5. The van der Waals surface area contributed by atoms with E-state index in [-0.39, 0.29) is 38.3 Å². The molecule has 1 saturated heterocycles. The van der Waals surface area contributed by atoms with Gasteiger partial charge in [0.05, 0.1) is 37.1 Å². The van der Waals surface area contributed by atoms with E-state index >= 15 is 0 Å². The Morgan fingerprint density at radius 2 is 2.18 bits per heavy atom. The Labute approximate surface area is 159 Å². The van der Waals surface area contributed by atoms with Gasteiger partial charge in [0.2, 0.25) is 5.91 Å². The number of halogens is 3. The Morgan fingerprint density at radius 1 is 1.39 bits per heavy atom. The van der Waals surface area contributed by atoms with E-state index in [0.717, 1.165) is 12.1 Å². The lowest BCUT2D eigenvalue weighted by molar-refractivity contribution is -0.137. The largest absolute Gasteiger partial charge is 0.416 e. The lowest BCUT2D eigenvalue weighted by atomic mass is 10.1. The van der Waals surface area contributed by atoms with E-state index in [2.05, 4.69) is 16.9 Å². The van der Waals surface area contributed by atoms with Crippen molar-refractivity contribution in [2.75, 3.05) is 13.1 Å². The number of alkyl halides is 3. The zero-order valence-electron chi connectivity index (χ0n) is 14.8. The van der Waals surface area contributed by atoms with Gasteiger partial charge in [-0.1, -0.05) is 23.9 Å². The van der Waals surface area contributed by atoms with Crippen molar-refractivity contribution < 1.29 is 27.8 Å². The zero-order chi connectivity index (χ0) is 20.3. The standard InChI is InChI=1S/C18H19F3N4O3/c1-2-17(27)24-8-15(25-7-14(10-26)22-23-25)16(9-24)28-11-12-4-3-5-13(6-12)18(19,20)21/h2-7,15-16,26H,1,8-11H2/t15-,16-/m1/s1. The van der Waals surface area contributed by atoms with Gasteiger partial charge in [0.1, 0.15) is 5.69 Å². The molecule has 0 saturated carbocycles. The van der Waals surface area contributed by atoms with Gasteiger partial charge in [0.25, 0.3) is 0 Å². The van der Waals surface area contributed by atoms with Crippen LogP contribution in [-0.4, -0.2) is 50.1 Å². The van der Waals surface area contributed by atoms with Gasteiger partial charge >= 0.3 is 6.18 Å². The highest BCUT2D eigenvalue weighted by molar-refractivity contribution is 5.87. The van der Waals surface area contributed by atoms with Crippen LogP contribution >= 0.6 is 0 Å². The lowest BCUT2D eigenvalue weighted by Gasteiger charge is -2.19. The minimum absolute atomic E-state index is 0.0528. The molecule has 0 spiro atoms. The molecule has 2 atom stereocenters. The topological polar surface area (TPSA) is 80.5 Å². The molecule has 1 fully saturated rings. The Balaban J connectivity index is 1.75. The van der Waals surface area contributed by atoms with Gasteiger partial charge in [-0.05, 0) is 23.8 Å². The minimum Gasteiger partial charge on any atom is -0.390 e. The molecule has 3 rings (SSSR count). The fourth-order valence-corrected chi connectivity index (χ4v) is 3.07. The van der Waals surface area contributed by atoms with Crippen molar-refractivity contribution in [3.8, 4) is 0 Å². The molecular formula is C18H19F3N4O3. The Hall–Kier alpha value is -2.72. The molecule has 0 radical (unpaired) electrons. The fourth-order valence-electron chi connectivity index (χ4n) is 3.07. The van der Waals surface area contributed by atoms with E-state index in [0.29, 0.717) is 11.3 Å². The average Bonchev–Trinajstić information content (AvgIpc) is 3.32. The van der Waals surface area contributed by atoms with E-state index in [1.54, 1.807) is 12.3 Å². The average molecular weight is 396 g/mol. The first-order valence-electron chi connectivity index (χ1n) is 8.52. The van der Waals surface area contributed by atoms with Gasteiger partial charge in [0.15, 0.2) is 0 Å². The summed E-state index contributed by atoms with van der Waals surface area (Å²) in [5.74, 6) is -0.280. The summed E-state index contributed by atoms with van der Waals surface area (Å²) in [6, 6.07) is 4.52.